The van der Waals surface area contributed by atoms with Crippen LogP contribution in [0.1, 0.15) is 0 Å². The molecular formula is C12H16N4O. The van der Waals surface area contributed by atoms with Crippen LogP contribution in [-0.4, -0.2) is 11.3 Å². The summed E-state index contributed by atoms with van der Waals surface area (Å²) < 4.78 is 5.59. The van der Waals surface area contributed by atoms with Gasteiger partial charge < -0.3 is 27.7 Å². The molecule has 0 spiro atoms. The normalized spacial score (nSPS) is 20.8. The van der Waals surface area contributed by atoms with E-state index in [1.165, 1.54) is 12.2 Å². The predicted octanol–water partition coefficient (Wildman–Crippen LogP) is -0.254. The number of rotatable bonds is 2. The quantitative estimate of drug-likeness (QED) is 0.525. The summed E-state index contributed by atoms with van der Waals surface area (Å²) in [5, 5.41) is 0. The van der Waals surface area contributed by atoms with E-state index < -0.39 is 11.3 Å². The number of allylic oxidation sites excluding steroid dienone is 1. The second-order valence-corrected chi connectivity index (χ2v) is 4.16. The molecule has 0 heterocycles. The third kappa shape index (κ3) is 2.37. The second-order valence-electron chi connectivity index (χ2n) is 4.16. The maximum atomic E-state index is 5.82. The molecule has 0 fully saturated rings. The number of hydrogen-bond donors (Lipinski definition) is 4. The summed E-state index contributed by atoms with van der Waals surface area (Å²) in [6.45, 7) is 0. The minimum Gasteiger partial charge on any atom is -0.458 e. The lowest BCUT2D eigenvalue weighted by Gasteiger charge is -2.38. The maximum absolute atomic E-state index is 5.82. The molecular weight excluding hydrogens is 216 g/mol. The van der Waals surface area contributed by atoms with Crippen molar-refractivity contribution in [1.29, 1.82) is 0 Å². The SMILES string of the molecule is NC1(N)C=CC(Oc2ccccc2)=CC1(N)N. The molecule has 5 nitrogen and oxygen atoms in total. The van der Waals surface area contributed by atoms with E-state index in [4.69, 9.17) is 27.7 Å². The van der Waals surface area contributed by atoms with Crippen LogP contribution in [0.4, 0.5) is 0 Å². The van der Waals surface area contributed by atoms with E-state index in [-0.39, 0.29) is 0 Å². The third-order valence-corrected chi connectivity index (χ3v) is 2.63. The molecule has 0 saturated heterocycles. The molecule has 0 amide bonds. The topological polar surface area (TPSA) is 113 Å². The highest BCUT2D eigenvalue weighted by molar-refractivity contribution is 5.36. The Bertz CT molecular complexity index is 463. The van der Waals surface area contributed by atoms with Gasteiger partial charge in [-0.05, 0) is 30.4 Å². The molecule has 8 N–H and O–H groups in total. The Morgan fingerprint density at radius 1 is 0.882 bits per heavy atom. The molecule has 0 aliphatic heterocycles. The standard InChI is InChI=1S/C12H16N4O/c13-11(14)7-6-10(8-12(11,15)16)17-9-4-2-1-3-5-9/h1-8H,13-16H2. The minimum atomic E-state index is -1.34. The molecule has 1 aliphatic rings. The van der Waals surface area contributed by atoms with E-state index in [9.17, 15) is 0 Å². The lowest BCUT2D eigenvalue weighted by molar-refractivity contribution is 0.325. The molecule has 0 atom stereocenters. The summed E-state index contributed by atoms with van der Waals surface area (Å²) in [4.78, 5) is 0. The maximum Gasteiger partial charge on any atom is 0.127 e. The highest BCUT2D eigenvalue weighted by Gasteiger charge is 2.39. The van der Waals surface area contributed by atoms with Gasteiger partial charge in [0, 0.05) is 0 Å². The van der Waals surface area contributed by atoms with Crippen LogP contribution in [0, 0.1) is 0 Å². The molecule has 0 bridgehead atoms. The molecule has 17 heavy (non-hydrogen) atoms. The van der Waals surface area contributed by atoms with Crippen LogP contribution >= 0.6 is 0 Å². The monoisotopic (exact) mass is 232 g/mol. The molecule has 0 saturated carbocycles. The van der Waals surface area contributed by atoms with E-state index >= 15 is 0 Å². The van der Waals surface area contributed by atoms with Crippen LogP contribution in [0.3, 0.4) is 0 Å². The van der Waals surface area contributed by atoms with E-state index in [1.807, 2.05) is 30.3 Å². The summed E-state index contributed by atoms with van der Waals surface area (Å²) in [5.41, 5.74) is 20.5. The zero-order valence-electron chi connectivity index (χ0n) is 9.34. The number of hydrogen-bond acceptors (Lipinski definition) is 5. The fourth-order valence-electron chi connectivity index (χ4n) is 1.46. The Balaban J connectivity index is 2.20. The molecule has 1 aromatic carbocycles. The van der Waals surface area contributed by atoms with E-state index in [1.54, 1.807) is 6.08 Å². The van der Waals surface area contributed by atoms with Crippen molar-refractivity contribution in [1.82, 2.24) is 0 Å². The number of ether oxygens (including phenoxy) is 1. The van der Waals surface area contributed by atoms with E-state index in [0.717, 1.165) is 0 Å². The Morgan fingerprint density at radius 2 is 1.53 bits per heavy atom. The predicted molar refractivity (Wildman–Crippen MR) is 66.5 cm³/mol. The van der Waals surface area contributed by atoms with Crippen molar-refractivity contribution >= 4 is 0 Å². The van der Waals surface area contributed by atoms with Gasteiger partial charge in [0.15, 0.2) is 0 Å². The first kappa shape index (κ1) is 11.8. The summed E-state index contributed by atoms with van der Waals surface area (Å²) in [6.07, 6.45) is 4.70. The minimum absolute atomic E-state index is 0.521. The zero-order valence-corrected chi connectivity index (χ0v) is 9.34. The Kier molecular flexibility index (Phi) is 2.76. The molecule has 0 radical (unpaired) electrons. The van der Waals surface area contributed by atoms with Crippen LogP contribution in [0.2, 0.25) is 0 Å². The van der Waals surface area contributed by atoms with Crippen LogP contribution in [0.5, 0.6) is 5.75 Å². The Labute approximate surface area is 99.7 Å². The summed E-state index contributed by atoms with van der Waals surface area (Å²) in [6, 6.07) is 9.30. The fraction of sp³-hybridized carbons (Fsp3) is 0.167. The third-order valence-electron chi connectivity index (χ3n) is 2.63. The van der Waals surface area contributed by atoms with Crippen molar-refractivity contribution < 1.29 is 4.74 Å². The van der Waals surface area contributed by atoms with Crippen molar-refractivity contribution in [3.8, 4) is 5.75 Å². The first-order valence-corrected chi connectivity index (χ1v) is 5.21. The van der Waals surface area contributed by atoms with Gasteiger partial charge in [-0.1, -0.05) is 18.2 Å². The van der Waals surface area contributed by atoms with Gasteiger partial charge >= 0.3 is 0 Å². The van der Waals surface area contributed by atoms with Gasteiger partial charge in [-0.2, -0.15) is 0 Å². The van der Waals surface area contributed by atoms with Gasteiger partial charge in [0.2, 0.25) is 0 Å². The fourth-order valence-corrected chi connectivity index (χ4v) is 1.46. The smallest absolute Gasteiger partial charge is 0.127 e. The van der Waals surface area contributed by atoms with Crippen molar-refractivity contribution in [3.05, 3.63) is 54.3 Å². The second kappa shape index (κ2) is 3.97. The first-order valence-electron chi connectivity index (χ1n) is 5.21. The number of nitrogens with two attached hydrogens (primary N) is 4. The lowest BCUT2D eigenvalue weighted by atomic mass is 9.90. The van der Waals surface area contributed by atoms with Crippen molar-refractivity contribution in [2.45, 2.75) is 11.3 Å². The van der Waals surface area contributed by atoms with Crippen molar-refractivity contribution in [3.63, 3.8) is 0 Å². The van der Waals surface area contributed by atoms with Crippen LogP contribution in [-0.2, 0) is 0 Å². The van der Waals surface area contributed by atoms with Gasteiger partial charge in [0.25, 0.3) is 0 Å². The van der Waals surface area contributed by atoms with Crippen molar-refractivity contribution in [2.75, 3.05) is 0 Å². The van der Waals surface area contributed by atoms with Gasteiger partial charge in [-0.25, -0.2) is 0 Å². The summed E-state index contributed by atoms with van der Waals surface area (Å²) in [5.74, 6) is 1.22. The average molecular weight is 232 g/mol. The van der Waals surface area contributed by atoms with E-state index in [2.05, 4.69) is 0 Å². The summed E-state index contributed by atoms with van der Waals surface area (Å²) >= 11 is 0. The van der Waals surface area contributed by atoms with Crippen LogP contribution in [0.25, 0.3) is 0 Å². The molecule has 2 rings (SSSR count). The number of benzene rings is 1. The van der Waals surface area contributed by atoms with Gasteiger partial charge in [-0.3, -0.25) is 0 Å². The first-order chi connectivity index (χ1) is 7.91. The Hall–Kier alpha value is -1.66. The van der Waals surface area contributed by atoms with Crippen molar-refractivity contribution in [2.24, 2.45) is 22.9 Å². The molecule has 0 aromatic heterocycles. The average Bonchev–Trinajstić information content (AvgIpc) is 2.25. The largest absolute Gasteiger partial charge is 0.458 e. The molecule has 1 aliphatic carbocycles. The lowest BCUT2D eigenvalue weighted by Crippen LogP contribution is -2.75. The Morgan fingerprint density at radius 3 is 2.12 bits per heavy atom. The molecule has 1 aromatic rings. The van der Waals surface area contributed by atoms with Gasteiger partial charge in [0.05, 0.1) is 0 Å². The van der Waals surface area contributed by atoms with Gasteiger partial charge in [0.1, 0.15) is 22.8 Å². The van der Waals surface area contributed by atoms with Crippen LogP contribution < -0.4 is 27.7 Å². The molecule has 5 heteroatoms. The molecule has 90 valence electrons. The zero-order chi connectivity index (χ0) is 12.5. The number of para-hydroxylation sites is 1. The molecule has 0 unspecified atom stereocenters. The van der Waals surface area contributed by atoms with Gasteiger partial charge in [-0.15, -0.1) is 0 Å². The van der Waals surface area contributed by atoms with Crippen LogP contribution in [0.15, 0.2) is 54.3 Å². The van der Waals surface area contributed by atoms with E-state index in [0.29, 0.717) is 11.5 Å². The highest BCUT2D eigenvalue weighted by atomic mass is 16.5. The highest BCUT2D eigenvalue weighted by Crippen LogP contribution is 2.22. The summed E-state index contributed by atoms with van der Waals surface area (Å²) in [7, 11) is 0.